The van der Waals surface area contributed by atoms with Gasteiger partial charge in [-0.2, -0.15) is 5.10 Å². The number of benzene rings is 1. The van der Waals surface area contributed by atoms with Gasteiger partial charge in [-0.25, -0.2) is 4.68 Å². The van der Waals surface area contributed by atoms with Gasteiger partial charge in [0.05, 0.1) is 16.3 Å². The number of nitrogens with one attached hydrogen (secondary N) is 1. The SMILES string of the molecule is Cc1ccc([N+](=O)[O-])cc1NC(=O)C(C)n1nc(-c2cccnc2)ccc1=O. The molecule has 3 aromatic rings. The zero-order valence-corrected chi connectivity index (χ0v) is 15.2. The van der Waals surface area contributed by atoms with Gasteiger partial charge in [0, 0.05) is 36.2 Å². The Balaban J connectivity index is 1.89. The number of anilines is 1. The maximum absolute atomic E-state index is 12.7. The van der Waals surface area contributed by atoms with E-state index < -0.39 is 22.4 Å². The summed E-state index contributed by atoms with van der Waals surface area (Å²) < 4.78 is 1.07. The molecule has 0 bridgehead atoms. The summed E-state index contributed by atoms with van der Waals surface area (Å²) in [4.78, 5) is 39.3. The molecule has 0 radical (unpaired) electrons. The lowest BCUT2D eigenvalue weighted by molar-refractivity contribution is -0.384. The van der Waals surface area contributed by atoms with Gasteiger partial charge in [-0.1, -0.05) is 6.07 Å². The second-order valence-electron chi connectivity index (χ2n) is 6.16. The monoisotopic (exact) mass is 379 g/mol. The number of hydrogen-bond acceptors (Lipinski definition) is 6. The normalized spacial score (nSPS) is 11.6. The minimum Gasteiger partial charge on any atom is -0.324 e. The van der Waals surface area contributed by atoms with Crippen LogP contribution >= 0.6 is 0 Å². The van der Waals surface area contributed by atoms with Gasteiger partial charge in [-0.3, -0.25) is 24.7 Å². The zero-order chi connectivity index (χ0) is 20.3. The summed E-state index contributed by atoms with van der Waals surface area (Å²) in [5.41, 5.74) is 1.60. The van der Waals surface area contributed by atoms with Crippen molar-refractivity contribution < 1.29 is 9.72 Å². The number of carbonyl (C=O) groups is 1. The summed E-state index contributed by atoms with van der Waals surface area (Å²) in [6, 6.07) is 9.69. The van der Waals surface area contributed by atoms with E-state index in [2.05, 4.69) is 15.4 Å². The first-order chi connectivity index (χ1) is 13.4. The third-order valence-electron chi connectivity index (χ3n) is 4.22. The van der Waals surface area contributed by atoms with Crippen molar-refractivity contribution >= 4 is 17.3 Å². The summed E-state index contributed by atoms with van der Waals surface area (Å²) >= 11 is 0. The third-order valence-corrected chi connectivity index (χ3v) is 4.22. The van der Waals surface area contributed by atoms with Crippen molar-refractivity contribution in [3.8, 4) is 11.3 Å². The van der Waals surface area contributed by atoms with Crippen LogP contribution in [0.5, 0.6) is 0 Å². The number of carbonyl (C=O) groups excluding carboxylic acids is 1. The molecule has 0 saturated heterocycles. The van der Waals surface area contributed by atoms with E-state index in [9.17, 15) is 19.7 Å². The molecule has 1 amide bonds. The smallest absolute Gasteiger partial charge is 0.271 e. The molecule has 0 aliphatic carbocycles. The molecular weight excluding hydrogens is 362 g/mol. The number of rotatable bonds is 5. The third kappa shape index (κ3) is 3.93. The van der Waals surface area contributed by atoms with E-state index >= 15 is 0 Å². The molecule has 1 atom stereocenters. The first-order valence-electron chi connectivity index (χ1n) is 8.43. The Morgan fingerprint density at radius 2 is 2.04 bits per heavy atom. The number of pyridine rings is 1. The van der Waals surface area contributed by atoms with E-state index in [4.69, 9.17) is 0 Å². The summed E-state index contributed by atoms with van der Waals surface area (Å²) in [5.74, 6) is -0.512. The Kier molecular flexibility index (Phi) is 5.25. The van der Waals surface area contributed by atoms with E-state index in [1.807, 2.05) is 0 Å². The highest BCUT2D eigenvalue weighted by Crippen LogP contribution is 2.23. The van der Waals surface area contributed by atoms with Crippen molar-refractivity contribution in [1.29, 1.82) is 0 Å². The van der Waals surface area contributed by atoms with Crippen molar-refractivity contribution in [3.63, 3.8) is 0 Å². The van der Waals surface area contributed by atoms with E-state index in [1.54, 1.807) is 43.6 Å². The Morgan fingerprint density at radius 1 is 1.25 bits per heavy atom. The molecule has 3 rings (SSSR count). The molecule has 9 heteroatoms. The van der Waals surface area contributed by atoms with Crippen molar-refractivity contribution in [1.82, 2.24) is 14.8 Å². The maximum atomic E-state index is 12.7. The number of non-ortho nitro benzene ring substituents is 1. The second-order valence-corrected chi connectivity index (χ2v) is 6.16. The van der Waals surface area contributed by atoms with Crippen molar-refractivity contribution in [2.24, 2.45) is 0 Å². The number of amides is 1. The van der Waals surface area contributed by atoms with Gasteiger partial charge in [-0.05, 0) is 37.6 Å². The van der Waals surface area contributed by atoms with Gasteiger partial charge < -0.3 is 5.32 Å². The summed E-state index contributed by atoms with van der Waals surface area (Å²) in [5, 5.41) is 17.9. The Hall–Kier alpha value is -3.88. The fourth-order valence-corrected chi connectivity index (χ4v) is 2.58. The van der Waals surface area contributed by atoms with Gasteiger partial charge in [-0.15, -0.1) is 0 Å². The van der Waals surface area contributed by atoms with Gasteiger partial charge in [0.15, 0.2) is 0 Å². The van der Waals surface area contributed by atoms with Gasteiger partial charge in [0.1, 0.15) is 6.04 Å². The maximum Gasteiger partial charge on any atom is 0.271 e. The molecule has 0 spiro atoms. The average Bonchev–Trinajstić information content (AvgIpc) is 2.70. The van der Waals surface area contributed by atoms with Crippen LogP contribution in [-0.2, 0) is 4.79 Å². The van der Waals surface area contributed by atoms with E-state index in [1.165, 1.54) is 25.1 Å². The summed E-state index contributed by atoms with van der Waals surface area (Å²) in [6.45, 7) is 3.25. The molecule has 2 heterocycles. The Bertz CT molecular complexity index is 1090. The first-order valence-corrected chi connectivity index (χ1v) is 8.43. The molecule has 9 nitrogen and oxygen atoms in total. The average molecular weight is 379 g/mol. The number of hydrogen-bond donors (Lipinski definition) is 1. The molecule has 28 heavy (non-hydrogen) atoms. The van der Waals surface area contributed by atoms with Crippen molar-refractivity contribution in [2.45, 2.75) is 19.9 Å². The lowest BCUT2D eigenvalue weighted by Gasteiger charge is -2.16. The fourth-order valence-electron chi connectivity index (χ4n) is 2.58. The second kappa shape index (κ2) is 7.78. The van der Waals surface area contributed by atoms with Crippen molar-refractivity contribution in [2.75, 3.05) is 5.32 Å². The van der Waals surface area contributed by atoms with Crippen LogP contribution in [0.3, 0.4) is 0 Å². The molecular formula is C19H17N5O4. The number of nitrogens with zero attached hydrogens (tertiary/aromatic N) is 4. The first kappa shape index (κ1) is 18.9. The van der Waals surface area contributed by atoms with Crippen LogP contribution in [0.1, 0.15) is 18.5 Å². The molecule has 2 aromatic heterocycles. The van der Waals surface area contributed by atoms with E-state index in [-0.39, 0.29) is 5.69 Å². The number of aromatic nitrogens is 3. The quantitative estimate of drug-likeness (QED) is 0.537. The number of nitro benzene ring substituents is 1. The van der Waals surface area contributed by atoms with Crippen LogP contribution in [-0.4, -0.2) is 25.6 Å². The Morgan fingerprint density at radius 3 is 2.71 bits per heavy atom. The zero-order valence-electron chi connectivity index (χ0n) is 15.2. The van der Waals surface area contributed by atoms with E-state index in [0.717, 1.165) is 4.68 Å². The van der Waals surface area contributed by atoms with E-state index in [0.29, 0.717) is 22.5 Å². The minimum absolute atomic E-state index is 0.137. The number of aryl methyl sites for hydroxylation is 1. The van der Waals surface area contributed by atoms with Crippen molar-refractivity contribution in [3.05, 3.63) is 80.9 Å². The van der Waals surface area contributed by atoms with Gasteiger partial charge in [0.25, 0.3) is 11.2 Å². The topological polar surface area (TPSA) is 120 Å². The fraction of sp³-hybridized carbons (Fsp3) is 0.158. The lowest BCUT2D eigenvalue weighted by Crippen LogP contribution is -2.33. The number of nitro groups is 1. The summed E-state index contributed by atoms with van der Waals surface area (Å²) in [7, 11) is 0. The van der Waals surface area contributed by atoms with Crippen LogP contribution in [0.4, 0.5) is 11.4 Å². The van der Waals surface area contributed by atoms with Crippen LogP contribution in [0, 0.1) is 17.0 Å². The molecule has 0 aliphatic rings. The summed E-state index contributed by atoms with van der Waals surface area (Å²) in [6.07, 6.45) is 3.23. The lowest BCUT2D eigenvalue weighted by atomic mass is 10.1. The van der Waals surface area contributed by atoms with Gasteiger partial charge >= 0.3 is 0 Å². The minimum atomic E-state index is -0.928. The van der Waals surface area contributed by atoms with Gasteiger partial charge in [0.2, 0.25) is 5.91 Å². The predicted molar refractivity (Wildman–Crippen MR) is 103 cm³/mol. The molecule has 0 aliphatic heterocycles. The molecule has 142 valence electrons. The van der Waals surface area contributed by atoms with Crippen LogP contribution in [0.25, 0.3) is 11.3 Å². The largest absolute Gasteiger partial charge is 0.324 e. The molecule has 1 aromatic carbocycles. The Labute approximate surface area is 159 Å². The van der Waals surface area contributed by atoms with Crippen LogP contribution in [0.15, 0.2) is 59.7 Å². The molecule has 0 saturated carbocycles. The van der Waals surface area contributed by atoms with Crippen LogP contribution in [0.2, 0.25) is 0 Å². The standard InChI is InChI=1S/C19H17N5O4/c1-12-5-6-15(24(27)28)10-17(12)21-19(26)13(2)23-18(25)8-7-16(22-23)14-4-3-9-20-11-14/h3-11,13H,1-2H3,(H,21,26). The highest BCUT2D eigenvalue weighted by molar-refractivity contribution is 5.94. The molecule has 1 N–H and O–H groups in total. The molecule has 0 fully saturated rings. The molecule has 1 unspecified atom stereocenters. The highest BCUT2D eigenvalue weighted by atomic mass is 16.6. The predicted octanol–water partition coefficient (Wildman–Crippen LogP) is 2.72. The van der Waals surface area contributed by atoms with Crippen LogP contribution < -0.4 is 10.9 Å². The highest BCUT2D eigenvalue weighted by Gasteiger charge is 2.20.